The Balaban J connectivity index is 2.86. The predicted molar refractivity (Wildman–Crippen MR) is 100 cm³/mol. The van der Waals surface area contributed by atoms with Crippen LogP contribution in [0.4, 0.5) is 4.79 Å². The Morgan fingerprint density at radius 1 is 1.12 bits per heavy atom. The molecule has 3 atom stereocenters. The van der Waals surface area contributed by atoms with Gasteiger partial charge >= 0.3 is 12.1 Å². The van der Waals surface area contributed by atoms with Gasteiger partial charge in [-0.3, -0.25) is 4.90 Å². The summed E-state index contributed by atoms with van der Waals surface area (Å²) in [7, 11) is 0.870. The van der Waals surface area contributed by atoms with E-state index in [1.165, 1.54) is 14.2 Å². The van der Waals surface area contributed by atoms with Crippen molar-refractivity contribution in [1.29, 1.82) is 0 Å². The smallest absolute Gasteiger partial charge is 0.410 e. The van der Waals surface area contributed by atoms with Crippen LogP contribution in [0, 0.1) is 5.92 Å². The first-order chi connectivity index (χ1) is 11.5. The van der Waals surface area contributed by atoms with E-state index in [0.29, 0.717) is 13.0 Å². The molecular weight excluding hydrogens is 338 g/mol. The standard InChI is InChI=1S/C18H35NO5Si/c1-13-9-10-14(11-12-24-25(7,8)18(2,3)4)19(17(21)23-6)15(13)16(20)22-5/h13-15H,9-12H2,1-8H3/t13-,14+,15-/m1/s1. The molecule has 0 radical (unpaired) electrons. The van der Waals surface area contributed by atoms with E-state index in [1.807, 2.05) is 6.92 Å². The summed E-state index contributed by atoms with van der Waals surface area (Å²) in [4.78, 5) is 26.1. The first-order valence-electron chi connectivity index (χ1n) is 9.04. The molecule has 1 aliphatic heterocycles. The number of rotatable bonds is 5. The molecule has 0 bridgehead atoms. The zero-order valence-electron chi connectivity index (χ0n) is 17.0. The lowest BCUT2D eigenvalue weighted by Gasteiger charge is -2.43. The molecule has 1 rings (SSSR count). The molecule has 1 amide bonds. The van der Waals surface area contributed by atoms with Gasteiger partial charge in [-0.05, 0) is 43.3 Å². The first-order valence-corrected chi connectivity index (χ1v) is 11.9. The molecule has 0 aromatic carbocycles. The third kappa shape index (κ3) is 5.20. The van der Waals surface area contributed by atoms with Gasteiger partial charge in [0.1, 0.15) is 6.04 Å². The van der Waals surface area contributed by atoms with E-state index in [1.54, 1.807) is 4.90 Å². The van der Waals surface area contributed by atoms with E-state index in [4.69, 9.17) is 13.9 Å². The largest absolute Gasteiger partial charge is 0.467 e. The van der Waals surface area contributed by atoms with Gasteiger partial charge in [-0.15, -0.1) is 0 Å². The molecule has 1 heterocycles. The maximum Gasteiger partial charge on any atom is 0.410 e. The molecule has 25 heavy (non-hydrogen) atoms. The third-order valence-corrected chi connectivity index (χ3v) is 10.3. The number of carbonyl (C=O) groups is 2. The number of ether oxygens (including phenoxy) is 2. The highest BCUT2D eigenvalue weighted by Gasteiger charge is 2.44. The SMILES string of the molecule is COC(=O)[C@H]1[C@H](C)CC[C@@H](CCO[Si](C)(C)C(C)(C)C)N1C(=O)OC. The normalized spacial score (nSPS) is 24.8. The number of amides is 1. The summed E-state index contributed by atoms with van der Waals surface area (Å²) in [5.74, 6) is -0.336. The molecule has 1 saturated heterocycles. The van der Waals surface area contributed by atoms with Crippen LogP contribution in [0.5, 0.6) is 0 Å². The fraction of sp³-hybridized carbons (Fsp3) is 0.889. The second kappa shape index (κ2) is 8.53. The van der Waals surface area contributed by atoms with Crippen LogP contribution in [0.1, 0.15) is 47.0 Å². The van der Waals surface area contributed by atoms with Crippen molar-refractivity contribution in [3.8, 4) is 0 Å². The minimum atomic E-state index is -1.83. The second-order valence-corrected chi connectivity index (χ2v) is 13.3. The summed E-state index contributed by atoms with van der Waals surface area (Å²) < 4.78 is 16.1. The predicted octanol–water partition coefficient (Wildman–Crippen LogP) is 3.81. The number of piperidine rings is 1. The van der Waals surface area contributed by atoms with Crippen molar-refractivity contribution in [1.82, 2.24) is 4.90 Å². The van der Waals surface area contributed by atoms with Crippen LogP contribution in [0.2, 0.25) is 18.1 Å². The molecule has 0 spiro atoms. The summed E-state index contributed by atoms with van der Waals surface area (Å²) in [6.07, 6.45) is 1.93. The van der Waals surface area contributed by atoms with Crippen LogP contribution in [0.25, 0.3) is 0 Å². The fourth-order valence-corrected chi connectivity index (χ4v) is 4.10. The Hall–Kier alpha value is -1.08. The molecule has 0 saturated carbocycles. The topological polar surface area (TPSA) is 65.1 Å². The van der Waals surface area contributed by atoms with Crippen LogP contribution in [-0.2, 0) is 18.7 Å². The maximum atomic E-state index is 12.3. The Bertz CT molecular complexity index is 475. The van der Waals surface area contributed by atoms with Gasteiger partial charge in [0.25, 0.3) is 0 Å². The molecular formula is C18H35NO5Si. The van der Waals surface area contributed by atoms with Gasteiger partial charge in [-0.25, -0.2) is 9.59 Å². The average molecular weight is 374 g/mol. The lowest BCUT2D eigenvalue weighted by atomic mass is 9.86. The highest BCUT2D eigenvalue weighted by Crippen LogP contribution is 2.37. The molecule has 1 aliphatic rings. The Labute approximate surface area is 153 Å². The van der Waals surface area contributed by atoms with E-state index in [0.717, 1.165) is 12.8 Å². The summed E-state index contributed by atoms with van der Waals surface area (Å²) in [6.45, 7) is 13.6. The van der Waals surface area contributed by atoms with Crippen LogP contribution in [-0.4, -0.2) is 58.2 Å². The Kier molecular flexibility index (Phi) is 7.50. The second-order valence-electron chi connectivity index (χ2n) is 8.45. The summed E-state index contributed by atoms with van der Waals surface area (Å²) in [6, 6.07) is -0.665. The number of nitrogens with zero attached hydrogens (tertiary/aromatic N) is 1. The first kappa shape index (κ1) is 22.0. The zero-order chi connectivity index (χ0) is 19.4. The Morgan fingerprint density at radius 2 is 1.72 bits per heavy atom. The maximum absolute atomic E-state index is 12.3. The molecule has 6 nitrogen and oxygen atoms in total. The molecule has 7 heteroatoms. The quantitative estimate of drug-likeness (QED) is 0.541. The monoisotopic (exact) mass is 373 g/mol. The van der Waals surface area contributed by atoms with Crippen molar-refractivity contribution in [2.24, 2.45) is 5.92 Å². The number of hydrogen-bond acceptors (Lipinski definition) is 5. The zero-order valence-corrected chi connectivity index (χ0v) is 18.0. The van der Waals surface area contributed by atoms with Crippen molar-refractivity contribution >= 4 is 20.4 Å². The van der Waals surface area contributed by atoms with Crippen molar-refractivity contribution in [2.75, 3.05) is 20.8 Å². The van der Waals surface area contributed by atoms with Gasteiger partial charge in [-0.2, -0.15) is 0 Å². The molecule has 0 aromatic rings. The lowest BCUT2D eigenvalue weighted by Crippen LogP contribution is -2.57. The molecule has 1 fully saturated rings. The van der Waals surface area contributed by atoms with Gasteiger partial charge in [0.05, 0.1) is 14.2 Å². The molecule has 0 unspecified atom stereocenters. The summed E-state index contributed by atoms with van der Waals surface area (Å²) in [5, 5.41) is 0.144. The van der Waals surface area contributed by atoms with Crippen LogP contribution in [0.15, 0.2) is 0 Å². The number of esters is 1. The number of methoxy groups -OCH3 is 2. The summed E-state index contributed by atoms with van der Waals surface area (Å²) in [5.41, 5.74) is 0. The van der Waals surface area contributed by atoms with Gasteiger partial charge in [0.15, 0.2) is 8.32 Å². The van der Waals surface area contributed by atoms with Gasteiger partial charge < -0.3 is 13.9 Å². The highest BCUT2D eigenvalue weighted by atomic mass is 28.4. The number of likely N-dealkylation sites (tertiary alicyclic amines) is 1. The summed E-state index contributed by atoms with van der Waals surface area (Å²) >= 11 is 0. The van der Waals surface area contributed by atoms with Gasteiger partial charge in [-0.1, -0.05) is 27.7 Å². The molecule has 0 N–H and O–H groups in total. The van der Waals surface area contributed by atoms with Crippen molar-refractivity contribution in [3.63, 3.8) is 0 Å². The number of hydrogen-bond donors (Lipinski definition) is 0. The van der Waals surface area contributed by atoms with Crippen LogP contribution < -0.4 is 0 Å². The molecule has 0 aliphatic carbocycles. The minimum absolute atomic E-state index is 0.0455. The molecule has 0 aromatic heterocycles. The highest BCUT2D eigenvalue weighted by molar-refractivity contribution is 6.74. The van der Waals surface area contributed by atoms with Crippen LogP contribution >= 0.6 is 0 Å². The van der Waals surface area contributed by atoms with Gasteiger partial charge in [0.2, 0.25) is 0 Å². The van der Waals surface area contributed by atoms with E-state index in [2.05, 4.69) is 33.9 Å². The van der Waals surface area contributed by atoms with E-state index < -0.39 is 20.5 Å². The van der Waals surface area contributed by atoms with Crippen molar-refractivity contribution in [2.45, 2.75) is 77.2 Å². The minimum Gasteiger partial charge on any atom is -0.467 e. The average Bonchev–Trinajstić information content (AvgIpc) is 2.53. The Morgan fingerprint density at radius 3 is 2.20 bits per heavy atom. The van der Waals surface area contributed by atoms with Gasteiger partial charge in [0, 0.05) is 12.6 Å². The fourth-order valence-electron chi connectivity index (χ4n) is 3.04. The molecule has 146 valence electrons. The third-order valence-electron chi connectivity index (χ3n) is 5.74. The van der Waals surface area contributed by atoms with Crippen LogP contribution in [0.3, 0.4) is 0 Å². The van der Waals surface area contributed by atoms with E-state index in [9.17, 15) is 9.59 Å². The van der Waals surface area contributed by atoms with Crippen molar-refractivity contribution < 1.29 is 23.5 Å². The number of carbonyl (C=O) groups excluding carboxylic acids is 2. The van der Waals surface area contributed by atoms with E-state index in [-0.39, 0.29) is 23.0 Å². The lowest BCUT2D eigenvalue weighted by molar-refractivity contribution is -0.151. The van der Waals surface area contributed by atoms with Crippen molar-refractivity contribution in [3.05, 3.63) is 0 Å². The van der Waals surface area contributed by atoms with E-state index >= 15 is 0 Å².